The Kier molecular flexibility index (Phi) is 6.95. The zero-order chi connectivity index (χ0) is 21.3. The number of carbonyl (C=O) groups is 2. The smallest absolute Gasteiger partial charge is 0.185 e. The van der Waals surface area contributed by atoms with E-state index in [4.69, 9.17) is 9.47 Å². The van der Waals surface area contributed by atoms with E-state index in [9.17, 15) is 9.59 Å². The fraction of sp³-hybridized carbons (Fsp3) is 0.0769. The van der Waals surface area contributed by atoms with Crippen LogP contribution < -0.4 is 9.47 Å². The van der Waals surface area contributed by atoms with Crippen LogP contribution >= 0.6 is 0 Å². The Morgan fingerprint density at radius 1 is 0.633 bits per heavy atom. The molecule has 0 aliphatic heterocycles. The van der Waals surface area contributed by atoms with Crippen molar-refractivity contribution in [1.82, 2.24) is 0 Å². The molecule has 0 aliphatic carbocycles. The molecule has 0 spiro atoms. The van der Waals surface area contributed by atoms with Crippen LogP contribution in [0.25, 0.3) is 12.2 Å². The monoisotopic (exact) mass is 398 g/mol. The summed E-state index contributed by atoms with van der Waals surface area (Å²) in [6.45, 7) is 0. The normalized spacial score (nSPS) is 11.0. The summed E-state index contributed by atoms with van der Waals surface area (Å²) in [6.07, 6.45) is 6.47. The molecule has 3 aromatic rings. The van der Waals surface area contributed by atoms with Crippen molar-refractivity contribution in [3.8, 4) is 11.5 Å². The fourth-order valence-corrected chi connectivity index (χ4v) is 2.79. The molecule has 4 nitrogen and oxygen atoms in total. The Morgan fingerprint density at radius 2 is 1.03 bits per heavy atom. The maximum Gasteiger partial charge on any atom is 0.185 e. The van der Waals surface area contributed by atoms with Gasteiger partial charge in [-0.2, -0.15) is 0 Å². The number of hydrogen-bond donors (Lipinski definition) is 0. The average molecular weight is 398 g/mol. The van der Waals surface area contributed by atoms with E-state index in [0.29, 0.717) is 11.1 Å². The highest BCUT2D eigenvalue weighted by molar-refractivity contribution is 6.11. The third-order valence-corrected chi connectivity index (χ3v) is 4.52. The van der Waals surface area contributed by atoms with Crippen LogP contribution in [0, 0.1) is 0 Å². The van der Waals surface area contributed by atoms with E-state index in [2.05, 4.69) is 0 Å². The van der Waals surface area contributed by atoms with E-state index >= 15 is 0 Å². The van der Waals surface area contributed by atoms with Gasteiger partial charge in [0.2, 0.25) is 0 Å². The number of allylic oxidation sites excluding steroid dienone is 2. The van der Waals surface area contributed by atoms with E-state index in [1.54, 1.807) is 50.6 Å². The van der Waals surface area contributed by atoms with Crippen molar-refractivity contribution in [2.24, 2.45) is 0 Å². The Bertz CT molecular complexity index is 990. The second kappa shape index (κ2) is 10.0. The lowest BCUT2D eigenvalue weighted by Gasteiger charge is -2.01. The van der Waals surface area contributed by atoms with Gasteiger partial charge in [-0.25, -0.2) is 0 Å². The quantitative estimate of drug-likeness (QED) is 0.372. The van der Waals surface area contributed by atoms with Gasteiger partial charge in [-0.15, -0.1) is 0 Å². The van der Waals surface area contributed by atoms with E-state index in [-0.39, 0.29) is 11.6 Å². The summed E-state index contributed by atoms with van der Waals surface area (Å²) in [5.74, 6) is 1.18. The summed E-state index contributed by atoms with van der Waals surface area (Å²) >= 11 is 0. The second-order valence-electron chi connectivity index (χ2n) is 6.52. The molecule has 30 heavy (non-hydrogen) atoms. The summed E-state index contributed by atoms with van der Waals surface area (Å²) in [5, 5.41) is 0. The van der Waals surface area contributed by atoms with Gasteiger partial charge >= 0.3 is 0 Å². The summed E-state index contributed by atoms with van der Waals surface area (Å²) < 4.78 is 10.2. The molecular formula is C26H22O4. The van der Waals surface area contributed by atoms with Gasteiger partial charge < -0.3 is 9.47 Å². The zero-order valence-corrected chi connectivity index (χ0v) is 16.9. The van der Waals surface area contributed by atoms with Crippen molar-refractivity contribution >= 4 is 23.7 Å². The highest BCUT2D eigenvalue weighted by Crippen LogP contribution is 2.15. The maximum absolute atomic E-state index is 12.5. The van der Waals surface area contributed by atoms with Crippen LogP contribution in [0.5, 0.6) is 11.5 Å². The van der Waals surface area contributed by atoms with Gasteiger partial charge in [-0.05, 0) is 53.6 Å². The minimum Gasteiger partial charge on any atom is -0.497 e. The van der Waals surface area contributed by atoms with Gasteiger partial charge in [-0.3, -0.25) is 9.59 Å². The number of rotatable bonds is 8. The average Bonchev–Trinajstić information content (AvgIpc) is 2.81. The highest BCUT2D eigenvalue weighted by Gasteiger charge is 2.07. The van der Waals surface area contributed by atoms with Gasteiger partial charge in [0, 0.05) is 11.1 Å². The summed E-state index contributed by atoms with van der Waals surface area (Å²) in [6, 6.07) is 21.5. The van der Waals surface area contributed by atoms with Crippen LogP contribution in [0.15, 0.2) is 84.9 Å². The first-order valence-electron chi connectivity index (χ1n) is 9.42. The van der Waals surface area contributed by atoms with Crippen LogP contribution in [0.4, 0.5) is 0 Å². The third-order valence-electron chi connectivity index (χ3n) is 4.52. The molecule has 0 bridgehead atoms. The molecule has 3 rings (SSSR count). The molecule has 150 valence electrons. The van der Waals surface area contributed by atoms with Crippen LogP contribution in [-0.2, 0) is 0 Å². The minimum absolute atomic E-state index is 0.167. The van der Waals surface area contributed by atoms with Crippen molar-refractivity contribution in [2.45, 2.75) is 0 Å². The van der Waals surface area contributed by atoms with E-state index < -0.39 is 0 Å². The molecule has 0 aliphatic rings. The standard InChI is InChI=1S/C26H22O4/c1-29-23-12-6-19(7-13-23)10-16-25(27)21-4-3-5-22(18-21)26(28)17-11-20-8-14-24(30-2)15-9-20/h3-18H,1-2H3/b16-10-,17-11+. The van der Waals surface area contributed by atoms with Crippen molar-refractivity contribution < 1.29 is 19.1 Å². The number of carbonyl (C=O) groups excluding carboxylic acids is 2. The molecule has 0 fully saturated rings. The molecule has 3 aromatic carbocycles. The zero-order valence-electron chi connectivity index (χ0n) is 16.9. The van der Waals surface area contributed by atoms with E-state index in [1.165, 1.54) is 12.2 Å². The highest BCUT2D eigenvalue weighted by atomic mass is 16.5. The molecule has 0 atom stereocenters. The Morgan fingerprint density at radius 3 is 1.40 bits per heavy atom. The predicted molar refractivity (Wildman–Crippen MR) is 119 cm³/mol. The number of ketones is 2. The molecule has 0 unspecified atom stereocenters. The molecule has 0 amide bonds. The largest absolute Gasteiger partial charge is 0.497 e. The Hall–Kier alpha value is -3.92. The van der Waals surface area contributed by atoms with Crippen molar-refractivity contribution in [1.29, 1.82) is 0 Å². The molecule has 0 radical (unpaired) electrons. The first-order chi connectivity index (χ1) is 14.6. The van der Waals surface area contributed by atoms with Crippen LogP contribution in [-0.4, -0.2) is 25.8 Å². The number of benzene rings is 3. The van der Waals surface area contributed by atoms with Crippen LogP contribution in [0.1, 0.15) is 31.8 Å². The number of ether oxygens (including phenoxy) is 2. The van der Waals surface area contributed by atoms with Crippen molar-refractivity contribution in [3.63, 3.8) is 0 Å². The summed E-state index contributed by atoms with van der Waals surface area (Å²) in [7, 11) is 3.21. The molecule has 0 saturated heterocycles. The first kappa shape index (κ1) is 20.8. The predicted octanol–water partition coefficient (Wildman–Crippen LogP) is 5.50. The lowest BCUT2D eigenvalue weighted by Crippen LogP contribution is -1.99. The molecule has 0 aromatic heterocycles. The second-order valence-corrected chi connectivity index (χ2v) is 6.52. The summed E-state index contributed by atoms with van der Waals surface area (Å²) in [4.78, 5) is 25.0. The van der Waals surface area contributed by atoms with Gasteiger partial charge in [0.05, 0.1) is 14.2 Å². The third kappa shape index (κ3) is 5.55. The van der Waals surface area contributed by atoms with Crippen molar-refractivity contribution in [3.05, 3.63) is 107 Å². The lowest BCUT2D eigenvalue weighted by atomic mass is 10.0. The SMILES string of the molecule is COc1ccc(/C=C\C(=O)c2cccc(C(=O)/C=C/c3ccc(OC)cc3)c2)cc1. The maximum atomic E-state index is 12.5. The number of methoxy groups -OCH3 is 2. The Labute approximate surface area is 176 Å². The Balaban J connectivity index is 1.69. The van der Waals surface area contributed by atoms with E-state index in [0.717, 1.165) is 22.6 Å². The van der Waals surface area contributed by atoms with E-state index in [1.807, 2.05) is 48.5 Å². The van der Waals surface area contributed by atoms with Gasteiger partial charge in [0.1, 0.15) is 11.5 Å². The molecule has 0 saturated carbocycles. The molecule has 4 heteroatoms. The van der Waals surface area contributed by atoms with Crippen LogP contribution in [0.3, 0.4) is 0 Å². The van der Waals surface area contributed by atoms with Gasteiger partial charge in [0.25, 0.3) is 0 Å². The van der Waals surface area contributed by atoms with Gasteiger partial charge in [-0.1, -0.05) is 54.6 Å². The minimum atomic E-state index is -0.167. The first-order valence-corrected chi connectivity index (χ1v) is 9.42. The topological polar surface area (TPSA) is 52.6 Å². The fourth-order valence-electron chi connectivity index (χ4n) is 2.79. The molecular weight excluding hydrogens is 376 g/mol. The lowest BCUT2D eigenvalue weighted by molar-refractivity contribution is 0.104. The summed E-state index contributed by atoms with van der Waals surface area (Å²) in [5.41, 5.74) is 2.70. The van der Waals surface area contributed by atoms with Crippen molar-refractivity contribution in [2.75, 3.05) is 14.2 Å². The number of hydrogen-bond acceptors (Lipinski definition) is 4. The molecule has 0 heterocycles. The van der Waals surface area contributed by atoms with Gasteiger partial charge in [0.15, 0.2) is 11.6 Å². The van der Waals surface area contributed by atoms with Crippen LogP contribution in [0.2, 0.25) is 0 Å². The molecule has 0 N–H and O–H groups in total.